The zero-order valence-electron chi connectivity index (χ0n) is 11.3. The molecule has 0 bridgehead atoms. The third kappa shape index (κ3) is 2.25. The van der Waals surface area contributed by atoms with Gasteiger partial charge in [-0.3, -0.25) is 0 Å². The molecule has 0 unspecified atom stereocenters. The third-order valence-electron chi connectivity index (χ3n) is 3.20. The molecule has 0 saturated carbocycles. The van der Waals surface area contributed by atoms with Crippen molar-refractivity contribution in [2.75, 3.05) is 25.2 Å². The van der Waals surface area contributed by atoms with E-state index in [0.29, 0.717) is 17.6 Å². The molecule has 1 aliphatic heterocycles. The molecule has 6 heteroatoms. The molecule has 0 aromatic carbocycles. The molecule has 3 rings (SSSR count). The Morgan fingerprint density at radius 1 is 1.30 bits per heavy atom. The van der Waals surface area contributed by atoms with Crippen molar-refractivity contribution in [3.05, 3.63) is 35.2 Å². The van der Waals surface area contributed by atoms with E-state index >= 15 is 0 Å². The first kappa shape index (κ1) is 13.0. The minimum absolute atomic E-state index is 0.442. The van der Waals surface area contributed by atoms with Crippen LogP contribution >= 0.6 is 11.6 Å². The maximum atomic E-state index is 5.98. The summed E-state index contributed by atoms with van der Waals surface area (Å²) < 4.78 is 10.8. The zero-order valence-corrected chi connectivity index (χ0v) is 12.0. The lowest BCUT2D eigenvalue weighted by atomic mass is 10.2. The number of aromatic nitrogens is 2. The molecule has 2 aromatic rings. The molecule has 0 aliphatic carbocycles. The molecule has 2 aromatic heterocycles. The second-order valence-electron chi connectivity index (χ2n) is 4.49. The molecule has 0 amide bonds. The van der Waals surface area contributed by atoms with Crippen molar-refractivity contribution in [2.24, 2.45) is 0 Å². The Morgan fingerprint density at radius 2 is 2.15 bits per heavy atom. The number of methoxy groups -OCH3 is 1. The largest absolute Gasteiger partial charge is 0.488 e. The lowest BCUT2D eigenvalue weighted by Gasteiger charge is -2.31. The van der Waals surface area contributed by atoms with Gasteiger partial charge in [-0.05, 0) is 13.0 Å². The molecule has 20 heavy (non-hydrogen) atoms. The van der Waals surface area contributed by atoms with E-state index in [4.69, 9.17) is 21.1 Å². The van der Waals surface area contributed by atoms with Crippen molar-refractivity contribution in [3.8, 4) is 11.6 Å². The van der Waals surface area contributed by atoms with Crippen LogP contribution in [0.5, 0.6) is 11.6 Å². The summed E-state index contributed by atoms with van der Waals surface area (Å²) in [6.07, 6.45) is 3.43. The molecule has 104 valence electrons. The smallest absolute Gasteiger partial charge is 0.216 e. The van der Waals surface area contributed by atoms with Crippen LogP contribution in [0.1, 0.15) is 5.56 Å². The Labute approximate surface area is 122 Å². The SMILES string of the molecule is COc1ncc(N2CCOc3cnc(Cl)cc32)cc1C. The Bertz CT molecular complexity index is 648. The highest BCUT2D eigenvalue weighted by atomic mass is 35.5. The highest BCUT2D eigenvalue weighted by molar-refractivity contribution is 6.29. The van der Waals surface area contributed by atoms with E-state index in [0.717, 1.165) is 29.2 Å². The quantitative estimate of drug-likeness (QED) is 0.796. The summed E-state index contributed by atoms with van der Waals surface area (Å²) in [7, 11) is 1.62. The minimum atomic E-state index is 0.442. The summed E-state index contributed by atoms with van der Waals surface area (Å²) in [6.45, 7) is 3.30. The fraction of sp³-hybridized carbons (Fsp3) is 0.286. The van der Waals surface area contributed by atoms with Crippen LogP contribution in [0, 0.1) is 6.92 Å². The fourth-order valence-electron chi connectivity index (χ4n) is 2.27. The van der Waals surface area contributed by atoms with Gasteiger partial charge in [0.2, 0.25) is 5.88 Å². The normalized spacial score (nSPS) is 13.7. The van der Waals surface area contributed by atoms with Gasteiger partial charge in [-0.15, -0.1) is 0 Å². The highest BCUT2D eigenvalue weighted by Crippen LogP contribution is 2.37. The van der Waals surface area contributed by atoms with E-state index in [1.807, 2.05) is 13.0 Å². The van der Waals surface area contributed by atoms with Crippen molar-refractivity contribution in [1.82, 2.24) is 9.97 Å². The summed E-state index contributed by atoms with van der Waals surface area (Å²) in [5.74, 6) is 1.36. The maximum Gasteiger partial charge on any atom is 0.216 e. The Morgan fingerprint density at radius 3 is 2.90 bits per heavy atom. The average molecular weight is 292 g/mol. The van der Waals surface area contributed by atoms with Gasteiger partial charge in [0.1, 0.15) is 11.8 Å². The van der Waals surface area contributed by atoms with Crippen LogP contribution in [-0.4, -0.2) is 30.2 Å². The van der Waals surface area contributed by atoms with E-state index in [1.165, 1.54) is 0 Å². The first-order valence-corrected chi connectivity index (χ1v) is 6.63. The van der Waals surface area contributed by atoms with Gasteiger partial charge in [0, 0.05) is 11.6 Å². The van der Waals surface area contributed by atoms with Gasteiger partial charge < -0.3 is 14.4 Å². The number of rotatable bonds is 2. The first-order valence-electron chi connectivity index (χ1n) is 6.25. The average Bonchev–Trinajstić information content (AvgIpc) is 2.46. The van der Waals surface area contributed by atoms with E-state index < -0.39 is 0 Å². The molecule has 0 spiro atoms. The van der Waals surface area contributed by atoms with Crippen molar-refractivity contribution in [2.45, 2.75) is 6.92 Å². The Hall–Kier alpha value is -2.01. The number of anilines is 2. The monoisotopic (exact) mass is 291 g/mol. The number of pyridine rings is 2. The standard InChI is InChI=1S/C14H14ClN3O2/c1-9-5-10(7-17-14(9)19-2)18-3-4-20-12-8-16-13(15)6-11(12)18/h5-8H,3-4H2,1-2H3. The van der Waals surface area contributed by atoms with Gasteiger partial charge in [0.15, 0.2) is 5.75 Å². The Kier molecular flexibility index (Phi) is 3.36. The topological polar surface area (TPSA) is 47.5 Å². The predicted octanol–water partition coefficient (Wildman–Crippen LogP) is 2.98. The van der Waals surface area contributed by atoms with Gasteiger partial charge in [-0.25, -0.2) is 9.97 Å². The lowest BCUT2D eigenvalue weighted by Crippen LogP contribution is -2.28. The van der Waals surface area contributed by atoms with E-state index in [1.54, 1.807) is 25.6 Å². The summed E-state index contributed by atoms with van der Waals surface area (Å²) in [6, 6.07) is 3.84. The lowest BCUT2D eigenvalue weighted by molar-refractivity contribution is 0.312. The number of nitrogens with zero attached hydrogens (tertiary/aromatic N) is 3. The molecule has 3 heterocycles. The van der Waals surface area contributed by atoms with Gasteiger partial charge >= 0.3 is 0 Å². The van der Waals surface area contributed by atoms with Gasteiger partial charge in [-0.2, -0.15) is 0 Å². The van der Waals surface area contributed by atoms with Gasteiger partial charge in [0.05, 0.1) is 37.4 Å². The van der Waals surface area contributed by atoms with Crippen molar-refractivity contribution < 1.29 is 9.47 Å². The minimum Gasteiger partial charge on any atom is -0.488 e. The molecule has 1 aliphatic rings. The number of halogens is 1. The molecule has 0 fully saturated rings. The van der Waals surface area contributed by atoms with Crippen LogP contribution in [-0.2, 0) is 0 Å². The van der Waals surface area contributed by atoms with Crippen molar-refractivity contribution in [1.29, 1.82) is 0 Å². The second kappa shape index (κ2) is 5.17. The molecule has 5 nitrogen and oxygen atoms in total. The van der Waals surface area contributed by atoms with Gasteiger partial charge in [0.25, 0.3) is 0 Å². The molecule has 0 radical (unpaired) electrons. The predicted molar refractivity (Wildman–Crippen MR) is 77.3 cm³/mol. The number of hydrogen-bond donors (Lipinski definition) is 0. The molecule has 0 N–H and O–H groups in total. The van der Waals surface area contributed by atoms with Gasteiger partial charge in [-0.1, -0.05) is 11.6 Å². The van der Waals surface area contributed by atoms with Crippen LogP contribution in [0.2, 0.25) is 5.15 Å². The number of ether oxygens (including phenoxy) is 2. The first-order chi connectivity index (χ1) is 9.69. The molecule has 0 saturated heterocycles. The summed E-state index contributed by atoms with van der Waals surface area (Å²) in [5.41, 5.74) is 2.87. The Balaban J connectivity index is 2.04. The number of aryl methyl sites for hydroxylation is 1. The second-order valence-corrected chi connectivity index (χ2v) is 4.88. The van der Waals surface area contributed by atoms with E-state index in [2.05, 4.69) is 14.9 Å². The van der Waals surface area contributed by atoms with Crippen LogP contribution in [0.25, 0.3) is 0 Å². The van der Waals surface area contributed by atoms with E-state index in [-0.39, 0.29) is 0 Å². The van der Waals surface area contributed by atoms with Crippen LogP contribution in [0.4, 0.5) is 11.4 Å². The fourth-order valence-corrected chi connectivity index (χ4v) is 2.43. The van der Waals surface area contributed by atoms with Crippen molar-refractivity contribution in [3.63, 3.8) is 0 Å². The molecular weight excluding hydrogens is 278 g/mol. The highest BCUT2D eigenvalue weighted by Gasteiger charge is 2.21. The summed E-state index contributed by atoms with van der Waals surface area (Å²) >= 11 is 5.98. The van der Waals surface area contributed by atoms with E-state index in [9.17, 15) is 0 Å². The molecule has 0 atom stereocenters. The number of fused-ring (bicyclic) bond motifs is 1. The summed E-state index contributed by atoms with van der Waals surface area (Å²) in [5, 5.41) is 0.442. The maximum absolute atomic E-state index is 5.98. The summed E-state index contributed by atoms with van der Waals surface area (Å²) in [4.78, 5) is 10.5. The number of hydrogen-bond acceptors (Lipinski definition) is 5. The van der Waals surface area contributed by atoms with Crippen LogP contribution in [0.15, 0.2) is 24.5 Å². The third-order valence-corrected chi connectivity index (χ3v) is 3.40. The van der Waals surface area contributed by atoms with Crippen LogP contribution < -0.4 is 14.4 Å². The molecular formula is C14H14ClN3O2. The van der Waals surface area contributed by atoms with Crippen molar-refractivity contribution >= 4 is 23.0 Å². The zero-order chi connectivity index (χ0) is 14.1. The van der Waals surface area contributed by atoms with Crippen LogP contribution in [0.3, 0.4) is 0 Å².